The Balaban J connectivity index is 0.00000400. The van der Waals surface area contributed by atoms with Crippen LogP contribution in [0, 0.1) is 0 Å². The molecule has 0 saturated carbocycles. The van der Waals surface area contributed by atoms with Crippen LogP contribution in [0.5, 0.6) is 0 Å². The molecule has 0 aliphatic heterocycles. The summed E-state index contributed by atoms with van der Waals surface area (Å²) in [4.78, 5) is 8.98. The Hall–Kier alpha value is -0.500. The van der Waals surface area contributed by atoms with Gasteiger partial charge >= 0.3 is 0 Å². The van der Waals surface area contributed by atoms with E-state index in [-0.39, 0.29) is 28.7 Å². The van der Waals surface area contributed by atoms with Crippen molar-refractivity contribution >= 4 is 41.7 Å². The first kappa shape index (κ1) is 20.5. The van der Waals surface area contributed by atoms with E-state index in [0.717, 1.165) is 24.1 Å². The molecule has 0 atom stereocenters. The molecule has 1 heterocycles. The fourth-order valence-electron chi connectivity index (χ4n) is 1.60. The highest BCUT2D eigenvalue weighted by atomic mass is 127. The lowest BCUT2D eigenvalue weighted by molar-refractivity contribution is 0.798. The molecule has 0 unspecified atom stereocenters. The topological polar surface area (TPSA) is 49.3 Å². The van der Waals surface area contributed by atoms with E-state index in [2.05, 4.69) is 61.3 Å². The minimum absolute atomic E-state index is 0. The average molecular weight is 422 g/mol. The van der Waals surface area contributed by atoms with Gasteiger partial charge in [0.1, 0.15) is 0 Å². The van der Waals surface area contributed by atoms with E-state index in [4.69, 9.17) is 0 Å². The molecule has 0 fully saturated rings. The van der Waals surface area contributed by atoms with Gasteiger partial charge in [0, 0.05) is 24.0 Å². The van der Waals surface area contributed by atoms with Crippen molar-refractivity contribution in [3.05, 3.63) is 23.9 Å². The van der Waals surface area contributed by atoms with Crippen molar-refractivity contribution in [1.29, 1.82) is 0 Å². The summed E-state index contributed by atoms with van der Waals surface area (Å²) in [7, 11) is 0. The molecule has 1 aromatic heterocycles. The Labute approximate surface area is 150 Å². The first-order chi connectivity index (χ1) is 9.44. The van der Waals surface area contributed by atoms with E-state index in [1.165, 1.54) is 5.56 Å². The number of thioether (sulfide) groups is 1. The molecule has 1 rings (SSSR count). The van der Waals surface area contributed by atoms with E-state index in [1.807, 2.05) is 12.3 Å². The maximum atomic E-state index is 4.57. The lowest BCUT2D eigenvalue weighted by Crippen LogP contribution is -2.36. The van der Waals surface area contributed by atoms with Crippen LogP contribution in [0.4, 0.5) is 0 Å². The van der Waals surface area contributed by atoms with Gasteiger partial charge in [0.25, 0.3) is 0 Å². The lowest BCUT2D eigenvalue weighted by atomic mass is 10.3. The molecule has 1 aromatic rings. The molecule has 0 radical (unpaired) electrons. The second-order valence-corrected chi connectivity index (χ2v) is 7.29. The number of aliphatic imine (C=N–C) groups is 1. The minimum atomic E-state index is 0. The first-order valence-electron chi connectivity index (χ1n) is 7.10. The summed E-state index contributed by atoms with van der Waals surface area (Å²) in [6, 6.07) is 4.14. The molecule has 6 heteroatoms. The average Bonchev–Trinajstić information content (AvgIpc) is 2.35. The second-order valence-electron chi connectivity index (χ2n) is 5.44. The molecule has 21 heavy (non-hydrogen) atoms. The monoisotopic (exact) mass is 422 g/mol. The van der Waals surface area contributed by atoms with E-state index < -0.39 is 0 Å². The maximum absolute atomic E-state index is 4.57. The van der Waals surface area contributed by atoms with Gasteiger partial charge in [-0.05, 0) is 31.5 Å². The van der Waals surface area contributed by atoms with Crippen LogP contribution in [0.1, 0.15) is 40.2 Å². The minimum Gasteiger partial charge on any atom is -0.357 e. The number of nitrogens with zero attached hydrogens (tertiary/aromatic N) is 2. The number of pyridine rings is 1. The lowest BCUT2D eigenvalue weighted by Gasteiger charge is -2.16. The standard InChI is InChI=1S/C15H26N4S.HI/c1-6-16-14(17-7-2)19-11-12-8-9-18-13(10-12)20-15(3,4)5;/h8-10H,6-7,11H2,1-5H3,(H2,16,17,19);1H. The van der Waals surface area contributed by atoms with Crippen molar-refractivity contribution in [3.8, 4) is 0 Å². The fourth-order valence-corrected chi connectivity index (χ4v) is 2.55. The molecule has 0 saturated heterocycles. The SMILES string of the molecule is CCNC(=NCc1ccnc(SC(C)(C)C)c1)NCC.I. The van der Waals surface area contributed by atoms with Crippen LogP contribution >= 0.6 is 35.7 Å². The molecule has 4 nitrogen and oxygen atoms in total. The highest BCUT2D eigenvalue weighted by molar-refractivity contribution is 14.0. The van der Waals surface area contributed by atoms with Gasteiger partial charge in [0.15, 0.2) is 5.96 Å². The van der Waals surface area contributed by atoms with E-state index in [9.17, 15) is 0 Å². The third kappa shape index (κ3) is 9.18. The molecular weight excluding hydrogens is 395 g/mol. The van der Waals surface area contributed by atoms with Gasteiger partial charge in [0.05, 0.1) is 11.6 Å². The zero-order valence-corrected chi connectivity index (χ0v) is 16.7. The van der Waals surface area contributed by atoms with Crippen LogP contribution < -0.4 is 10.6 Å². The molecule has 0 aliphatic carbocycles. The third-order valence-corrected chi connectivity index (χ3v) is 3.36. The van der Waals surface area contributed by atoms with Gasteiger partial charge in [-0.1, -0.05) is 20.8 Å². The summed E-state index contributed by atoms with van der Waals surface area (Å²) in [5.41, 5.74) is 1.18. The summed E-state index contributed by atoms with van der Waals surface area (Å²) in [5, 5.41) is 7.50. The van der Waals surface area contributed by atoms with Crippen LogP contribution in [0.15, 0.2) is 28.3 Å². The van der Waals surface area contributed by atoms with Gasteiger partial charge in [-0.25, -0.2) is 9.98 Å². The second kappa shape index (κ2) is 10.3. The van der Waals surface area contributed by atoms with Gasteiger partial charge < -0.3 is 10.6 Å². The maximum Gasteiger partial charge on any atom is 0.191 e. The molecule has 2 N–H and O–H groups in total. The molecular formula is C15H27IN4S. The van der Waals surface area contributed by atoms with Gasteiger partial charge in [-0.3, -0.25) is 0 Å². The van der Waals surface area contributed by atoms with Crippen molar-refractivity contribution in [2.75, 3.05) is 13.1 Å². The van der Waals surface area contributed by atoms with Crippen LogP contribution in [0.25, 0.3) is 0 Å². The Morgan fingerprint density at radius 1 is 1.24 bits per heavy atom. The van der Waals surface area contributed by atoms with Crippen molar-refractivity contribution in [3.63, 3.8) is 0 Å². The Kier molecular flexibility index (Phi) is 10.0. The Bertz CT molecular complexity index is 436. The van der Waals surface area contributed by atoms with Crippen LogP contribution in [-0.2, 0) is 6.54 Å². The summed E-state index contributed by atoms with van der Waals surface area (Å²) in [6.07, 6.45) is 1.86. The number of rotatable bonds is 5. The number of nitrogens with one attached hydrogen (secondary N) is 2. The predicted molar refractivity (Wildman–Crippen MR) is 104 cm³/mol. The van der Waals surface area contributed by atoms with E-state index in [0.29, 0.717) is 6.54 Å². The summed E-state index contributed by atoms with van der Waals surface area (Å²) < 4.78 is 0.174. The summed E-state index contributed by atoms with van der Waals surface area (Å²) in [6.45, 7) is 13.1. The molecule has 0 spiro atoms. The molecule has 0 aromatic carbocycles. The van der Waals surface area contributed by atoms with Crippen LogP contribution in [-0.4, -0.2) is 28.8 Å². The van der Waals surface area contributed by atoms with E-state index >= 15 is 0 Å². The number of guanidine groups is 1. The van der Waals surface area contributed by atoms with Gasteiger partial charge in [-0.15, -0.1) is 35.7 Å². The highest BCUT2D eigenvalue weighted by Gasteiger charge is 2.13. The zero-order valence-electron chi connectivity index (χ0n) is 13.6. The molecule has 0 bridgehead atoms. The summed E-state index contributed by atoms with van der Waals surface area (Å²) in [5.74, 6) is 0.858. The van der Waals surface area contributed by atoms with E-state index in [1.54, 1.807) is 11.8 Å². The largest absolute Gasteiger partial charge is 0.357 e. The Morgan fingerprint density at radius 2 is 1.86 bits per heavy atom. The molecule has 0 amide bonds. The van der Waals surface area contributed by atoms with Crippen LogP contribution in [0.3, 0.4) is 0 Å². The molecule has 120 valence electrons. The zero-order chi connectivity index (χ0) is 15.0. The fraction of sp³-hybridized carbons (Fsp3) is 0.600. The predicted octanol–water partition coefficient (Wildman–Crippen LogP) is 3.67. The number of aromatic nitrogens is 1. The quantitative estimate of drug-likeness (QED) is 0.329. The van der Waals surface area contributed by atoms with Crippen molar-refractivity contribution < 1.29 is 0 Å². The van der Waals surface area contributed by atoms with Crippen LogP contribution in [0.2, 0.25) is 0 Å². The highest BCUT2D eigenvalue weighted by Crippen LogP contribution is 2.30. The van der Waals surface area contributed by atoms with Gasteiger partial charge in [0.2, 0.25) is 0 Å². The number of halogens is 1. The number of hydrogen-bond acceptors (Lipinski definition) is 3. The van der Waals surface area contributed by atoms with Gasteiger partial charge in [-0.2, -0.15) is 0 Å². The first-order valence-corrected chi connectivity index (χ1v) is 7.92. The van der Waals surface area contributed by atoms with Crippen molar-refractivity contribution in [2.24, 2.45) is 4.99 Å². The van der Waals surface area contributed by atoms with Crippen molar-refractivity contribution in [1.82, 2.24) is 15.6 Å². The van der Waals surface area contributed by atoms with Crippen molar-refractivity contribution in [2.45, 2.75) is 50.9 Å². The Morgan fingerprint density at radius 3 is 2.38 bits per heavy atom. The summed E-state index contributed by atoms with van der Waals surface area (Å²) >= 11 is 1.78. The normalized spacial score (nSPS) is 10.5. The molecule has 0 aliphatic rings. The third-order valence-electron chi connectivity index (χ3n) is 2.32. The smallest absolute Gasteiger partial charge is 0.191 e. The number of hydrogen-bond donors (Lipinski definition) is 2.